The quantitative estimate of drug-likeness (QED) is 0.675. The topological polar surface area (TPSA) is 79.0 Å². The Labute approximate surface area is 188 Å². The second kappa shape index (κ2) is 9.96. The van der Waals surface area contributed by atoms with E-state index in [1.807, 2.05) is 12.1 Å². The zero-order valence-electron chi connectivity index (χ0n) is 18.4. The highest BCUT2D eigenvalue weighted by Gasteiger charge is 2.30. The van der Waals surface area contributed by atoms with E-state index in [1.165, 1.54) is 11.3 Å². The van der Waals surface area contributed by atoms with Gasteiger partial charge >= 0.3 is 0 Å². The van der Waals surface area contributed by atoms with Gasteiger partial charge in [-0.05, 0) is 67.9 Å². The lowest BCUT2D eigenvalue weighted by atomic mass is 10.0. The van der Waals surface area contributed by atoms with Gasteiger partial charge in [0.25, 0.3) is 5.91 Å². The summed E-state index contributed by atoms with van der Waals surface area (Å²) in [6, 6.07) is 14.7. The molecule has 2 aliphatic rings. The summed E-state index contributed by atoms with van der Waals surface area (Å²) in [7, 11) is 1.65. The van der Waals surface area contributed by atoms with Crippen LogP contribution < -0.4 is 15.0 Å². The molecule has 0 aliphatic carbocycles. The van der Waals surface area contributed by atoms with E-state index < -0.39 is 0 Å². The summed E-state index contributed by atoms with van der Waals surface area (Å²) >= 11 is 0. The van der Waals surface area contributed by atoms with Crippen molar-refractivity contribution in [2.24, 2.45) is 0 Å². The third kappa shape index (κ3) is 4.83. The highest BCUT2D eigenvalue weighted by molar-refractivity contribution is 6.19. The minimum atomic E-state index is -0.198. The molecule has 2 fully saturated rings. The zero-order valence-corrected chi connectivity index (χ0v) is 18.4. The molecule has 0 unspecified atom stereocenters. The lowest BCUT2D eigenvalue weighted by molar-refractivity contribution is -0.121. The van der Waals surface area contributed by atoms with Crippen molar-refractivity contribution in [1.29, 1.82) is 0 Å². The van der Waals surface area contributed by atoms with Crippen LogP contribution in [0.2, 0.25) is 0 Å². The van der Waals surface area contributed by atoms with Gasteiger partial charge in [-0.1, -0.05) is 18.6 Å². The molecule has 4 rings (SSSR count). The first-order valence-electron chi connectivity index (χ1n) is 11.2. The highest BCUT2D eigenvalue weighted by Crippen LogP contribution is 2.26. The molecule has 2 aromatic rings. The number of carbonyl (C=O) groups excluding carboxylic acids is 3. The molecule has 32 heavy (non-hydrogen) atoms. The second-order valence-electron chi connectivity index (χ2n) is 8.27. The van der Waals surface area contributed by atoms with Gasteiger partial charge in [-0.3, -0.25) is 24.2 Å². The van der Waals surface area contributed by atoms with Crippen molar-refractivity contribution in [2.75, 3.05) is 31.6 Å². The molecule has 2 aliphatic heterocycles. The minimum absolute atomic E-state index is 0.0873. The number of ether oxygens (including phenoxy) is 1. The first kappa shape index (κ1) is 22.0. The van der Waals surface area contributed by atoms with Gasteiger partial charge in [0, 0.05) is 24.9 Å². The van der Waals surface area contributed by atoms with Crippen LogP contribution in [0, 0.1) is 0 Å². The second-order valence-corrected chi connectivity index (χ2v) is 8.27. The summed E-state index contributed by atoms with van der Waals surface area (Å²) in [5.74, 6) is 0.239. The van der Waals surface area contributed by atoms with Gasteiger partial charge in [0.05, 0.1) is 18.8 Å². The Balaban J connectivity index is 1.44. The van der Waals surface area contributed by atoms with Gasteiger partial charge < -0.3 is 10.1 Å². The Morgan fingerprint density at radius 1 is 0.938 bits per heavy atom. The Kier molecular flexibility index (Phi) is 6.85. The normalized spacial score (nSPS) is 18.0. The third-order valence-electron chi connectivity index (χ3n) is 6.23. The van der Waals surface area contributed by atoms with Crippen molar-refractivity contribution >= 4 is 23.4 Å². The number of rotatable bonds is 7. The monoisotopic (exact) mass is 435 g/mol. The molecule has 2 aromatic carbocycles. The predicted molar refractivity (Wildman–Crippen MR) is 122 cm³/mol. The molecular formula is C25H29N3O4. The van der Waals surface area contributed by atoms with Crippen LogP contribution in [0.1, 0.15) is 54.1 Å². The van der Waals surface area contributed by atoms with E-state index >= 15 is 0 Å². The highest BCUT2D eigenvalue weighted by atomic mass is 16.5. The molecule has 7 nitrogen and oxygen atoms in total. The Hall–Kier alpha value is -3.19. The smallest absolute Gasteiger partial charge is 0.251 e. The maximum atomic E-state index is 12.8. The summed E-state index contributed by atoms with van der Waals surface area (Å²) in [4.78, 5) is 40.3. The van der Waals surface area contributed by atoms with Crippen LogP contribution >= 0.6 is 0 Å². The van der Waals surface area contributed by atoms with Gasteiger partial charge in [0.1, 0.15) is 5.75 Å². The number of hydrogen-bond acceptors (Lipinski definition) is 5. The van der Waals surface area contributed by atoms with E-state index in [-0.39, 0.29) is 36.6 Å². The van der Waals surface area contributed by atoms with Crippen LogP contribution in [-0.2, 0) is 9.59 Å². The number of benzene rings is 2. The SMILES string of the molecule is COc1ccc([C@@H](CNC(=O)c2ccc(N3C(=O)CCC3=O)cc2)N2CCCCC2)cc1. The van der Waals surface area contributed by atoms with Gasteiger partial charge in [0.15, 0.2) is 0 Å². The van der Waals surface area contributed by atoms with E-state index in [2.05, 4.69) is 22.3 Å². The molecule has 0 radical (unpaired) electrons. The van der Waals surface area contributed by atoms with Crippen LogP contribution in [-0.4, -0.2) is 49.4 Å². The summed E-state index contributed by atoms with van der Waals surface area (Å²) in [6.07, 6.45) is 4.05. The average molecular weight is 436 g/mol. The summed E-state index contributed by atoms with van der Waals surface area (Å²) in [5, 5.41) is 3.07. The standard InChI is InChI=1S/C25H29N3O4/c1-32-21-11-7-18(8-12-21)22(27-15-3-2-4-16-27)17-26-25(31)19-5-9-20(10-6-19)28-23(29)13-14-24(28)30/h5-12,22H,2-4,13-17H2,1H3,(H,26,31)/t22-/m1/s1. The number of anilines is 1. The van der Waals surface area contributed by atoms with E-state index in [0.29, 0.717) is 17.8 Å². The van der Waals surface area contributed by atoms with Crippen molar-refractivity contribution in [3.63, 3.8) is 0 Å². The third-order valence-corrected chi connectivity index (χ3v) is 6.23. The lowest BCUT2D eigenvalue weighted by Crippen LogP contribution is -2.40. The molecule has 1 atom stereocenters. The number of imide groups is 1. The number of likely N-dealkylation sites (tertiary alicyclic amines) is 1. The number of amides is 3. The number of nitrogens with zero attached hydrogens (tertiary/aromatic N) is 2. The summed E-state index contributed by atoms with van der Waals surface area (Å²) < 4.78 is 5.28. The number of nitrogens with one attached hydrogen (secondary N) is 1. The first-order valence-corrected chi connectivity index (χ1v) is 11.2. The Morgan fingerprint density at radius 2 is 1.56 bits per heavy atom. The molecule has 1 N–H and O–H groups in total. The van der Waals surface area contributed by atoms with Crippen LogP contribution in [0.5, 0.6) is 5.75 Å². The summed E-state index contributed by atoms with van der Waals surface area (Å²) in [6.45, 7) is 2.52. The minimum Gasteiger partial charge on any atom is -0.497 e. The van der Waals surface area contributed by atoms with Crippen LogP contribution in [0.25, 0.3) is 0 Å². The Morgan fingerprint density at radius 3 is 2.16 bits per heavy atom. The van der Waals surface area contributed by atoms with Gasteiger partial charge in [-0.25, -0.2) is 0 Å². The molecule has 0 aromatic heterocycles. The molecule has 0 bridgehead atoms. The zero-order chi connectivity index (χ0) is 22.5. The van der Waals surface area contributed by atoms with Crippen molar-refractivity contribution < 1.29 is 19.1 Å². The number of carbonyl (C=O) groups is 3. The largest absolute Gasteiger partial charge is 0.497 e. The average Bonchev–Trinajstić information content (AvgIpc) is 3.18. The number of methoxy groups -OCH3 is 1. The molecule has 2 saturated heterocycles. The molecular weight excluding hydrogens is 406 g/mol. The van der Waals surface area contributed by atoms with Gasteiger partial charge in [0.2, 0.25) is 11.8 Å². The van der Waals surface area contributed by atoms with Crippen molar-refractivity contribution in [2.45, 2.75) is 38.1 Å². The van der Waals surface area contributed by atoms with E-state index in [9.17, 15) is 14.4 Å². The van der Waals surface area contributed by atoms with E-state index in [1.54, 1.807) is 31.4 Å². The van der Waals surface area contributed by atoms with Gasteiger partial charge in [-0.2, -0.15) is 0 Å². The molecule has 7 heteroatoms. The molecule has 168 valence electrons. The lowest BCUT2D eigenvalue weighted by Gasteiger charge is -2.35. The van der Waals surface area contributed by atoms with Crippen molar-refractivity contribution in [3.05, 3.63) is 59.7 Å². The fraction of sp³-hybridized carbons (Fsp3) is 0.400. The van der Waals surface area contributed by atoms with Crippen molar-refractivity contribution in [1.82, 2.24) is 10.2 Å². The number of piperidine rings is 1. The maximum Gasteiger partial charge on any atom is 0.251 e. The van der Waals surface area contributed by atoms with Crippen molar-refractivity contribution in [3.8, 4) is 5.75 Å². The molecule has 0 saturated carbocycles. The van der Waals surface area contributed by atoms with E-state index in [4.69, 9.17) is 4.74 Å². The molecule has 3 amide bonds. The first-order chi connectivity index (χ1) is 15.6. The molecule has 2 heterocycles. The molecule has 0 spiro atoms. The Bertz CT molecular complexity index is 950. The van der Waals surface area contributed by atoms with Crippen LogP contribution in [0.4, 0.5) is 5.69 Å². The fourth-order valence-corrected chi connectivity index (χ4v) is 4.43. The fourth-order valence-electron chi connectivity index (χ4n) is 4.43. The van der Waals surface area contributed by atoms with Crippen LogP contribution in [0.15, 0.2) is 48.5 Å². The number of hydrogen-bond donors (Lipinski definition) is 1. The predicted octanol–water partition coefficient (Wildman–Crippen LogP) is 3.31. The van der Waals surface area contributed by atoms with Crippen LogP contribution in [0.3, 0.4) is 0 Å². The summed E-state index contributed by atoms with van der Waals surface area (Å²) in [5.41, 5.74) is 2.16. The maximum absolute atomic E-state index is 12.8. The van der Waals surface area contributed by atoms with E-state index in [0.717, 1.165) is 37.2 Å². The van der Waals surface area contributed by atoms with Gasteiger partial charge in [-0.15, -0.1) is 0 Å².